The number of piperidine rings is 1. The van der Waals surface area contributed by atoms with Crippen molar-refractivity contribution < 1.29 is 22.8 Å². The largest absolute Gasteiger partial charge is 0.342 e. The van der Waals surface area contributed by atoms with E-state index in [9.17, 15) is 22.8 Å². The second-order valence-electron chi connectivity index (χ2n) is 8.43. The molecule has 2 amide bonds. The summed E-state index contributed by atoms with van der Waals surface area (Å²) in [4.78, 5) is 26.7. The molecule has 2 unspecified atom stereocenters. The van der Waals surface area contributed by atoms with Crippen LogP contribution in [-0.4, -0.2) is 51.6 Å². The number of carbonyl (C=O) groups is 2. The third kappa shape index (κ3) is 4.59. The van der Waals surface area contributed by atoms with E-state index in [4.69, 9.17) is 5.73 Å². The number of halogens is 3. The van der Waals surface area contributed by atoms with Crippen LogP contribution in [0.2, 0.25) is 0 Å². The van der Waals surface area contributed by atoms with E-state index in [0.29, 0.717) is 18.9 Å². The molecule has 4 rings (SSSR count). The van der Waals surface area contributed by atoms with Crippen molar-refractivity contribution in [2.75, 3.05) is 6.54 Å². The molecule has 2 aliphatic heterocycles. The Balaban J connectivity index is 1.34. The predicted octanol–water partition coefficient (Wildman–Crippen LogP) is 1.96. The Kier molecular flexibility index (Phi) is 6.40. The van der Waals surface area contributed by atoms with E-state index in [1.807, 2.05) is 4.90 Å². The van der Waals surface area contributed by atoms with Crippen molar-refractivity contribution in [3.8, 4) is 0 Å². The Morgan fingerprint density at radius 1 is 1.12 bits per heavy atom. The van der Waals surface area contributed by atoms with Gasteiger partial charge in [-0.1, -0.05) is 0 Å². The van der Waals surface area contributed by atoms with Gasteiger partial charge in [-0.05, 0) is 61.8 Å². The van der Waals surface area contributed by atoms with Crippen molar-refractivity contribution in [3.63, 3.8) is 0 Å². The van der Waals surface area contributed by atoms with Crippen molar-refractivity contribution in [1.82, 2.24) is 20.4 Å². The van der Waals surface area contributed by atoms with E-state index in [2.05, 4.69) is 15.5 Å². The second kappa shape index (κ2) is 9.23. The number of nitrogens with one attached hydrogen (secondary N) is 1. The van der Waals surface area contributed by atoms with Crippen molar-refractivity contribution >= 4 is 11.8 Å². The summed E-state index contributed by atoms with van der Waals surface area (Å²) in [6, 6.07) is 4.03. The van der Waals surface area contributed by atoms with Gasteiger partial charge in [0.25, 0.3) is 5.91 Å². The van der Waals surface area contributed by atoms with E-state index < -0.39 is 29.4 Å². The number of nitrogens with zero attached hydrogens (tertiary/aromatic N) is 3. The molecule has 3 N–H and O–H groups in total. The highest BCUT2D eigenvalue weighted by atomic mass is 19.2. The summed E-state index contributed by atoms with van der Waals surface area (Å²) in [6.07, 6.45) is 4.50. The fourth-order valence-corrected chi connectivity index (χ4v) is 4.88. The van der Waals surface area contributed by atoms with E-state index in [-0.39, 0.29) is 48.1 Å². The van der Waals surface area contributed by atoms with Crippen LogP contribution in [0, 0.1) is 23.4 Å². The summed E-state index contributed by atoms with van der Waals surface area (Å²) in [5.41, 5.74) is 6.50. The first-order valence-corrected chi connectivity index (χ1v) is 10.6. The maximum absolute atomic E-state index is 14.0. The Hall–Kier alpha value is -3.01. The van der Waals surface area contributed by atoms with Crippen LogP contribution in [0.3, 0.4) is 0 Å². The highest BCUT2D eigenvalue weighted by Crippen LogP contribution is 2.40. The molecule has 0 aliphatic carbocycles. The predicted molar refractivity (Wildman–Crippen MR) is 109 cm³/mol. The number of aromatic nitrogens is 2. The molecule has 2 aromatic rings. The number of rotatable bonds is 6. The van der Waals surface area contributed by atoms with Crippen LogP contribution < -0.4 is 11.1 Å². The number of fused-ring (bicyclic) bond motifs is 2. The quantitative estimate of drug-likeness (QED) is 0.660. The lowest BCUT2D eigenvalue weighted by molar-refractivity contribution is -0.135. The molecule has 0 saturated carbocycles. The normalized spacial score (nSPS) is 23.1. The molecule has 3 atom stereocenters. The summed E-state index contributed by atoms with van der Waals surface area (Å²) in [7, 11) is 0. The summed E-state index contributed by atoms with van der Waals surface area (Å²) >= 11 is 0. The summed E-state index contributed by atoms with van der Waals surface area (Å²) in [6.45, 7) is -0.140. The average molecular weight is 447 g/mol. The molecular formula is C22H24F3N5O2. The number of hydrogen-bond acceptors (Lipinski definition) is 5. The fourth-order valence-electron chi connectivity index (χ4n) is 4.88. The molecule has 2 saturated heterocycles. The number of carbonyl (C=O) groups excluding carboxylic acids is 2. The SMILES string of the molecule is N[C@H](Cc1cc(F)c(F)cc1F)C1CC2CCC(C1)N2C(=O)CNC(=O)c1cccnn1. The van der Waals surface area contributed by atoms with Gasteiger partial charge in [0.2, 0.25) is 5.91 Å². The van der Waals surface area contributed by atoms with Crippen molar-refractivity contribution in [2.24, 2.45) is 11.7 Å². The summed E-state index contributed by atoms with van der Waals surface area (Å²) < 4.78 is 40.7. The van der Waals surface area contributed by atoms with Crippen LogP contribution in [0.25, 0.3) is 0 Å². The Morgan fingerprint density at radius 3 is 2.47 bits per heavy atom. The molecule has 1 aromatic carbocycles. The van der Waals surface area contributed by atoms with Gasteiger partial charge in [0.15, 0.2) is 17.3 Å². The Labute approximate surface area is 183 Å². The highest BCUT2D eigenvalue weighted by molar-refractivity contribution is 5.94. The molecule has 3 heterocycles. The maximum atomic E-state index is 14.0. The van der Waals surface area contributed by atoms with Gasteiger partial charge in [0, 0.05) is 30.4 Å². The minimum absolute atomic E-state index is 0.0134. The van der Waals surface area contributed by atoms with Gasteiger partial charge in [-0.15, -0.1) is 5.10 Å². The number of amides is 2. The lowest BCUT2D eigenvalue weighted by atomic mass is 9.82. The van der Waals surface area contributed by atoms with Crippen LogP contribution in [0.15, 0.2) is 30.5 Å². The minimum atomic E-state index is -1.23. The van der Waals surface area contributed by atoms with Crippen molar-refractivity contribution in [2.45, 2.75) is 50.2 Å². The van der Waals surface area contributed by atoms with E-state index >= 15 is 0 Å². The van der Waals surface area contributed by atoms with Crippen LogP contribution in [0.4, 0.5) is 13.2 Å². The molecule has 2 bridgehead atoms. The minimum Gasteiger partial charge on any atom is -0.342 e. The van der Waals surface area contributed by atoms with Crippen LogP contribution >= 0.6 is 0 Å². The molecule has 7 nitrogen and oxygen atoms in total. The average Bonchev–Trinajstić information content (AvgIpc) is 3.05. The first-order valence-electron chi connectivity index (χ1n) is 10.6. The molecule has 10 heteroatoms. The third-order valence-electron chi connectivity index (χ3n) is 6.41. The monoisotopic (exact) mass is 447 g/mol. The lowest BCUT2D eigenvalue weighted by Crippen LogP contribution is -2.52. The smallest absolute Gasteiger partial charge is 0.272 e. The van der Waals surface area contributed by atoms with Gasteiger partial charge in [0.1, 0.15) is 5.82 Å². The van der Waals surface area contributed by atoms with Gasteiger partial charge < -0.3 is 16.0 Å². The van der Waals surface area contributed by atoms with Gasteiger partial charge in [-0.3, -0.25) is 9.59 Å². The van der Waals surface area contributed by atoms with Gasteiger partial charge >= 0.3 is 0 Å². The molecule has 32 heavy (non-hydrogen) atoms. The third-order valence-corrected chi connectivity index (χ3v) is 6.41. The Morgan fingerprint density at radius 2 is 1.81 bits per heavy atom. The second-order valence-corrected chi connectivity index (χ2v) is 8.43. The molecule has 2 fully saturated rings. The van der Waals surface area contributed by atoms with E-state index in [1.54, 1.807) is 6.07 Å². The zero-order valence-corrected chi connectivity index (χ0v) is 17.3. The number of hydrogen-bond donors (Lipinski definition) is 2. The fraction of sp³-hybridized carbons (Fsp3) is 0.455. The first-order chi connectivity index (χ1) is 15.3. The standard InChI is InChI=1S/C22H24F3N5O2/c23-16-10-18(25)17(24)8-12(16)9-19(26)13-6-14-3-4-15(7-13)30(14)21(31)11-27-22(32)20-2-1-5-28-29-20/h1-2,5,8,10,13-15,19H,3-4,6-7,9,11,26H2,(H,27,32)/t13?,14?,15?,19-/m1/s1. The molecule has 170 valence electrons. The summed E-state index contributed by atoms with van der Waals surface area (Å²) in [5, 5.41) is 9.95. The summed E-state index contributed by atoms with van der Waals surface area (Å²) in [5.74, 6) is -3.75. The number of nitrogens with two attached hydrogens (primary N) is 1. The van der Waals surface area contributed by atoms with Gasteiger partial charge in [0.05, 0.1) is 6.54 Å². The van der Waals surface area contributed by atoms with E-state index in [1.165, 1.54) is 12.3 Å². The zero-order chi connectivity index (χ0) is 22.8. The molecule has 0 radical (unpaired) electrons. The lowest BCUT2D eigenvalue weighted by Gasteiger charge is -2.41. The molecule has 0 spiro atoms. The Bertz CT molecular complexity index is 993. The molecular weight excluding hydrogens is 423 g/mol. The van der Waals surface area contributed by atoms with Crippen LogP contribution in [0.5, 0.6) is 0 Å². The maximum Gasteiger partial charge on any atom is 0.272 e. The van der Waals surface area contributed by atoms with Crippen LogP contribution in [-0.2, 0) is 11.2 Å². The zero-order valence-electron chi connectivity index (χ0n) is 17.3. The van der Waals surface area contributed by atoms with Gasteiger partial charge in [-0.2, -0.15) is 5.10 Å². The van der Waals surface area contributed by atoms with Crippen molar-refractivity contribution in [3.05, 3.63) is 59.2 Å². The first kappa shape index (κ1) is 22.2. The number of benzene rings is 1. The topological polar surface area (TPSA) is 101 Å². The molecule has 2 aliphatic rings. The van der Waals surface area contributed by atoms with Crippen molar-refractivity contribution in [1.29, 1.82) is 0 Å². The van der Waals surface area contributed by atoms with Gasteiger partial charge in [-0.25, -0.2) is 13.2 Å². The van der Waals surface area contributed by atoms with Crippen LogP contribution in [0.1, 0.15) is 41.7 Å². The van der Waals surface area contributed by atoms with E-state index in [0.717, 1.165) is 18.9 Å². The molecule has 1 aromatic heterocycles. The highest BCUT2D eigenvalue weighted by Gasteiger charge is 2.44.